The summed E-state index contributed by atoms with van der Waals surface area (Å²) in [5, 5.41) is 3.96. The van der Waals surface area contributed by atoms with Crippen molar-refractivity contribution in [3.63, 3.8) is 0 Å². The van der Waals surface area contributed by atoms with E-state index >= 15 is 0 Å². The quantitative estimate of drug-likeness (QED) is 0.826. The van der Waals surface area contributed by atoms with Crippen LogP contribution < -0.4 is 5.32 Å². The van der Waals surface area contributed by atoms with Gasteiger partial charge < -0.3 is 19.9 Å². The van der Waals surface area contributed by atoms with Crippen molar-refractivity contribution >= 4 is 35.1 Å². The van der Waals surface area contributed by atoms with Crippen LogP contribution in [0.3, 0.4) is 0 Å². The number of carbonyl (C=O) groups excluding carboxylic acids is 2. The second-order valence-corrected chi connectivity index (χ2v) is 7.86. The fourth-order valence-electron chi connectivity index (χ4n) is 3.51. The molecule has 0 spiro atoms. The Hall–Kier alpha value is -1.50. The minimum Gasteiger partial charge on any atom is -0.378 e. The molecule has 2 heterocycles. The molecule has 0 bridgehead atoms. The topological polar surface area (TPSA) is 61.9 Å². The highest BCUT2D eigenvalue weighted by Crippen LogP contribution is 2.26. The molecule has 2 aliphatic heterocycles. The molecular formula is C19H25Cl2N3O3. The van der Waals surface area contributed by atoms with Gasteiger partial charge in [-0.3, -0.25) is 4.79 Å². The highest BCUT2D eigenvalue weighted by molar-refractivity contribution is 6.42. The van der Waals surface area contributed by atoms with Crippen LogP contribution >= 0.6 is 23.2 Å². The molecule has 1 aromatic rings. The molecule has 1 aromatic carbocycles. The van der Waals surface area contributed by atoms with Gasteiger partial charge in [-0.15, -0.1) is 0 Å². The van der Waals surface area contributed by atoms with Crippen LogP contribution in [0.4, 0.5) is 4.79 Å². The Morgan fingerprint density at radius 3 is 2.37 bits per heavy atom. The molecule has 2 saturated heterocycles. The minimum atomic E-state index is -0.181. The zero-order valence-electron chi connectivity index (χ0n) is 15.4. The molecule has 6 nitrogen and oxygen atoms in total. The van der Waals surface area contributed by atoms with Gasteiger partial charge in [-0.2, -0.15) is 0 Å². The number of nitrogens with one attached hydrogen (secondary N) is 1. The van der Waals surface area contributed by atoms with E-state index in [1.54, 1.807) is 17.0 Å². The summed E-state index contributed by atoms with van der Waals surface area (Å²) in [7, 11) is 0. The number of hydrogen-bond donors (Lipinski definition) is 1. The number of amides is 3. The number of ether oxygens (including phenoxy) is 1. The molecule has 0 radical (unpaired) electrons. The van der Waals surface area contributed by atoms with Crippen molar-refractivity contribution in [2.45, 2.75) is 25.8 Å². The Morgan fingerprint density at radius 1 is 1.07 bits per heavy atom. The highest BCUT2D eigenvalue weighted by atomic mass is 35.5. The molecule has 3 amide bonds. The van der Waals surface area contributed by atoms with E-state index in [9.17, 15) is 9.59 Å². The Kier molecular flexibility index (Phi) is 6.84. The lowest BCUT2D eigenvalue weighted by molar-refractivity contribution is -0.141. The van der Waals surface area contributed by atoms with Crippen LogP contribution in [-0.2, 0) is 9.53 Å². The zero-order valence-corrected chi connectivity index (χ0v) is 16.9. The summed E-state index contributed by atoms with van der Waals surface area (Å²) >= 11 is 12.0. The second-order valence-electron chi connectivity index (χ2n) is 7.04. The fourth-order valence-corrected chi connectivity index (χ4v) is 3.82. The van der Waals surface area contributed by atoms with Crippen molar-refractivity contribution < 1.29 is 14.3 Å². The molecule has 0 aliphatic carbocycles. The van der Waals surface area contributed by atoms with Crippen molar-refractivity contribution in [2.24, 2.45) is 5.92 Å². The van der Waals surface area contributed by atoms with E-state index in [1.807, 2.05) is 17.9 Å². The minimum absolute atomic E-state index is 0.000328. The number of halogens is 2. The monoisotopic (exact) mass is 413 g/mol. The van der Waals surface area contributed by atoms with Gasteiger partial charge in [0.1, 0.15) is 0 Å². The molecule has 27 heavy (non-hydrogen) atoms. The zero-order chi connectivity index (χ0) is 19.4. The number of urea groups is 1. The van der Waals surface area contributed by atoms with Crippen LogP contribution in [-0.4, -0.2) is 61.1 Å². The lowest BCUT2D eigenvalue weighted by atomic mass is 9.95. The standard InChI is InChI=1S/C19H25Cl2N3O3/c1-13(15-2-3-16(20)17(21)12-15)22-19(26)24-6-4-14(5-7-24)18(25)23-8-10-27-11-9-23/h2-3,12-14H,4-11H2,1H3,(H,22,26). The highest BCUT2D eigenvalue weighted by Gasteiger charge is 2.31. The third-order valence-electron chi connectivity index (χ3n) is 5.24. The van der Waals surface area contributed by atoms with E-state index in [1.165, 1.54) is 0 Å². The molecule has 1 N–H and O–H groups in total. The smallest absolute Gasteiger partial charge is 0.317 e. The molecule has 0 saturated carbocycles. The Bertz CT molecular complexity index is 687. The number of piperidine rings is 1. The first-order chi connectivity index (χ1) is 13.0. The molecule has 1 unspecified atom stereocenters. The number of hydrogen-bond acceptors (Lipinski definition) is 3. The van der Waals surface area contributed by atoms with E-state index in [2.05, 4.69) is 5.32 Å². The van der Waals surface area contributed by atoms with Crippen LogP contribution in [0.2, 0.25) is 10.0 Å². The van der Waals surface area contributed by atoms with Gasteiger partial charge in [0.2, 0.25) is 5.91 Å². The van der Waals surface area contributed by atoms with E-state index in [-0.39, 0.29) is 23.9 Å². The van der Waals surface area contributed by atoms with Gasteiger partial charge in [0.25, 0.3) is 0 Å². The molecule has 2 aliphatic rings. The lowest BCUT2D eigenvalue weighted by Crippen LogP contribution is -2.49. The average Bonchev–Trinajstić information content (AvgIpc) is 2.70. The maximum Gasteiger partial charge on any atom is 0.317 e. The van der Waals surface area contributed by atoms with Gasteiger partial charge in [0.05, 0.1) is 29.3 Å². The van der Waals surface area contributed by atoms with Crippen LogP contribution in [0.15, 0.2) is 18.2 Å². The van der Waals surface area contributed by atoms with Crippen LogP contribution in [0.1, 0.15) is 31.4 Å². The number of likely N-dealkylation sites (tertiary alicyclic amines) is 1. The third kappa shape index (κ3) is 5.06. The molecule has 0 aromatic heterocycles. The summed E-state index contributed by atoms with van der Waals surface area (Å²) in [5.74, 6) is 0.196. The molecule has 3 rings (SSSR count). The first-order valence-electron chi connectivity index (χ1n) is 9.32. The predicted octanol–water partition coefficient (Wildman–Crippen LogP) is 3.33. The molecular weight excluding hydrogens is 389 g/mol. The van der Waals surface area contributed by atoms with Crippen LogP contribution in [0.25, 0.3) is 0 Å². The maximum atomic E-state index is 12.6. The average molecular weight is 414 g/mol. The van der Waals surface area contributed by atoms with Crippen molar-refractivity contribution in [1.29, 1.82) is 0 Å². The van der Waals surface area contributed by atoms with Crippen molar-refractivity contribution in [3.8, 4) is 0 Å². The summed E-state index contributed by atoms with van der Waals surface area (Å²) in [4.78, 5) is 28.8. The van der Waals surface area contributed by atoms with Gasteiger partial charge in [0, 0.05) is 32.1 Å². The van der Waals surface area contributed by atoms with E-state index in [0.29, 0.717) is 62.3 Å². The summed E-state index contributed by atoms with van der Waals surface area (Å²) in [5.41, 5.74) is 0.898. The van der Waals surface area contributed by atoms with E-state index in [4.69, 9.17) is 27.9 Å². The van der Waals surface area contributed by atoms with Crippen molar-refractivity contribution in [1.82, 2.24) is 15.1 Å². The number of morpholine rings is 1. The predicted molar refractivity (Wildman–Crippen MR) is 105 cm³/mol. The third-order valence-corrected chi connectivity index (χ3v) is 5.98. The fraction of sp³-hybridized carbons (Fsp3) is 0.579. The van der Waals surface area contributed by atoms with E-state index in [0.717, 1.165) is 5.56 Å². The summed E-state index contributed by atoms with van der Waals surface area (Å²) in [6, 6.07) is 5.05. The largest absolute Gasteiger partial charge is 0.378 e. The van der Waals surface area contributed by atoms with Crippen LogP contribution in [0.5, 0.6) is 0 Å². The first kappa shape index (κ1) is 20.2. The molecule has 148 valence electrons. The van der Waals surface area contributed by atoms with Crippen molar-refractivity contribution in [2.75, 3.05) is 39.4 Å². The number of rotatable bonds is 3. The number of benzene rings is 1. The Morgan fingerprint density at radius 2 is 1.74 bits per heavy atom. The molecule has 1 atom stereocenters. The van der Waals surface area contributed by atoms with Crippen LogP contribution in [0, 0.1) is 5.92 Å². The van der Waals surface area contributed by atoms with Crippen molar-refractivity contribution in [3.05, 3.63) is 33.8 Å². The van der Waals surface area contributed by atoms with Gasteiger partial charge in [0.15, 0.2) is 0 Å². The van der Waals surface area contributed by atoms with Gasteiger partial charge in [-0.25, -0.2) is 4.79 Å². The molecule has 2 fully saturated rings. The number of carbonyl (C=O) groups is 2. The summed E-state index contributed by atoms with van der Waals surface area (Å²) in [6.07, 6.45) is 1.40. The normalized spacial score (nSPS) is 19.7. The molecule has 8 heteroatoms. The SMILES string of the molecule is CC(NC(=O)N1CCC(C(=O)N2CCOCC2)CC1)c1ccc(Cl)c(Cl)c1. The van der Waals surface area contributed by atoms with Gasteiger partial charge in [-0.1, -0.05) is 29.3 Å². The lowest BCUT2D eigenvalue weighted by Gasteiger charge is -2.35. The summed E-state index contributed by atoms with van der Waals surface area (Å²) in [6.45, 7) is 5.63. The summed E-state index contributed by atoms with van der Waals surface area (Å²) < 4.78 is 5.30. The first-order valence-corrected chi connectivity index (χ1v) is 10.1. The Balaban J connectivity index is 1.49. The maximum absolute atomic E-state index is 12.6. The Labute approximate surface area is 169 Å². The van der Waals surface area contributed by atoms with Gasteiger partial charge in [-0.05, 0) is 37.5 Å². The van der Waals surface area contributed by atoms with E-state index < -0.39 is 0 Å². The second kappa shape index (κ2) is 9.13. The number of nitrogens with zero attached hydrogens (tertiary/aromatic N) is 2. The van der Waals surface area contributed by atoms with Gasteiger partial charge >= 0.3 is 6.03 Å².